The van der Waals surface area contributed by atoms with E-state index >= 15 is 0 Å². The summed E-state index contributed by atoms with van der Waals surface area (Å²) in [5.74, 6) is 0. The van der Waals surface area contributed by atoms with Crippen molar-refractivity contribution < 1.29 is 4.74 Å². The van der Waals surface area contributed by atoms with E-state index in [4.69, 9.17) is 4.74 Å². The van der Waals surface area contributed by atoms with Crippen molar-refractivity contribution in [3.8, 4) is 0 Å². The van der Waals surface area contributed by atoms with Crippen LogP contribution < -0.4 is 5.32 Å². The van der Waals surface area contributed by atoms with E-state index in [0.29, 0.717) is 11.5 Å². The van der Waals surface area contributed by atoms with Gasteiger partial charge in [-0.15, -0.1) is 0 Å². The average Bonchev–Trinajstić information content (AvgIpc) is 2.58. The molecule has 1 N–H and O–H groups in total. The molecule has 0 aromatic heterocycles. The van der Waals surface area contributed by atoms with E-state index in [0.717, 1.165) is 19.1 Å². The number of nitrogens with one attached hydrogen (secondary N) is 1. The highest BCUT2D eigenvalue weighted by molar-refractivity contribution is 4.91. The molecule has 2 rings (SSSR count). The van der Waals surface area contributed by atoms with Gasteiger partial charge in [-0.1, -0.05) is 20.8 Å². The Morgan fingerprint density at radius 2 is 1.82 bits per heavy atom. The fourth-order valence-electron chi connectivity index (χ4n) is 3.43. The van der Waals surface area contributed by atoms with E-state index < -0.39 is 0 Å². The van der Waals surface area contributed by atoms with Gasteiger partial charge < -0.3 is 10.1 Å². The Hall–Kier alpha value is -0.0800. The lowest BCUT2D eigenvalue weighted by molar-refractivity contribution is -0.0791. The predicted molar refractivity (Wildman–Crippen MR) is 72.2 cm³/mol. The molecule has 2 nitrogen and oxygen atoms in total. The SMILES string of the molecule is CCC1(C)CC(NC2CCC(C)(C)C2)CCO1. The van der Waals surface area contributed by atoms with Crippen LogP contribution in [-0.2, 0) is 4.74 Å². The van der Waals surface area contributed by atoms with E-state index in [9.17, 15) is 0 Å². The monoisotopic (exact) mass is 239 g/mol. The van der Waals surface area contributed by atoms with Crippen LogP contribution in [0, 0.1) is 5.41 Å². The van der Waals surface area contributed by atoms with Gasteiger partial charge in [-0.25, -0.2) is 0 Å². The maximum atomic E-state index is 5.91. The normalized spacial score (nSPS) is 41.6. The lowest BCUT2D eigenvalue weighted by Gasteiger charge is -2.39. The molecule has 100 valence electrons. The fraction of sp³-hybridized carbons (Fsp3) is 1.00. The molecule has 0 aromatic rings. The van der Waals surface area contributed by atoms with Gasteiger partial charge in [-0.05, 0) is 50.9 Å². The second-order valence-corrected chi connectivity index (χ2v) is 7.11. The molecule has 1 heterocycles. The Kier molecular flexibility index (Phi) is 3.84. The molecule has 2 aliphatic rings. The molecule has 3 unspecified atom stereocenters. The Labute approximate surface area is 107 Å². The molecule has 17 heavy (non-hydrogen) atoms. The molecule has 2 fully saturated rings. The minimum absolute atomic E-state index is 0.115. The quantitative estimate of drug-likeness (QED) is 0.814. The highest BCUT2D eigenvalue weighted by atomic mass is 16.5. The van der Waals surface area contributed by atoms with Crippen molar-refractivity contribution in [1.29, 1.82) is 0 Å². The van der Waals surface area contributed by atoms with Gasteiger partial charge in [0.2, 0.25) is 0 Å². The topological polar surface area (TPSA) is 21.3 Å². The van der Waals surface area contributed by atoms with Gasteiger partial charge in [0.1, 0.15) is 0 Å². The minimum atomic E-state index is 0.115. The van der Waals surface area contributed by atoms with Crippen molar-refractivity contribution >= 4 is 0 Å². The van der Waals surface area contributed by atoms with E-state index in [1.54, 1.807) is 0 Å². The smallest absolute Gasteiger partial charge is 0.0666 e. The fourth-order valence-corrected chi connectivity index (χ4v) is 3.43. The summed E-state index contributed by atoms with van der Waals surface area (Å²) in [6, 6.07) is 1.42. The predicted octanol–water partition coefficient (Wildman–Crippen LogP) is 3.50. The number of rotatable bonds is 3. The van der Waals surface area contributed by atoms with Crippen LogP contribution in [0.4, 0.5) is 0 Å². The summed E-state index contributed by atoms with van der Waals surface area (Å²) < 4.78 is 5.91. The lowest BCUT2D eigenvalue weighted by Crippen LogP contribution is -2.47. The summed E-state index contributed by atoms with van der Waals surface area (Å²) >= 11 is 0. The first kappa shape index (κ1) is 13.4. The first-order valence-electron chi connectivity index (χ1n) is 7.32. The van der Waals surface area contributed by atoms with Gasteiger partial charge in [-0.2, -0.15) is 0 Å². The second kappa shape index (κ2) is 4.89. The van der Waals surface area contributed by atoms with Crippen molar-refractivity contribution in [2.24, 2.45) is 5.41 Å². The van der Waals surface area contributed by atoms with Crippen LogP contribution in [0.25, 0.3) is 0 Å². The van der Waals surface area contributed by atoms with Gasteiger partial charge in [0.05, 0.1) is 5.60 Å². The van der Waals surface area contributed by atoms with Crippen molar-refractivity contribution in [1.82, 2.24) is 5.32 Å². The molecular weight excluding hydrogens is 210 g/mol. The zero-order chi connectivity index (χ0) is 12.5. The van der Waals surface area contributed by atoms with E-state index in [-0.39, 0.29) is 5.60 Å². The van der Waals surface area contributed by atoms with Crippen LogP contribution >= 0.6 is 0 Å². The zero-order valence-electron chi connectivity index (χ0n) is 12.0. The van der Waals surface area contributed by atoms with Gasteiger partial charge in [0.15, 0.2) is 0 Å². The molecule has 1 saturated heterocycles. The second-order valence-electron chi connectivity index (χ2n) is 7.11. The molecule has 3 atom stereocenters. The number of ether oxygens (including phenoxy) is 1. The molecule has 1 saturated carbocycles. The maximum Gasteiger partial charge on any atom is 0.0666 e. The highest BCUT2D eigenvalue weighted by Gasteiger charge is 2.36. The van der Waals surface area contributed by atoms with E-state index in [2.05, 4.69) is 33.0 Å². The van der Waals surface area contributed by atoms with Gasteiger partial charge in [-0.3, -0.25) is 0 Å². The Balaban J connectivity index is 1.83. The molecule has 0 radical (unpaired) electrons. The van der Waals surface area contributed by atoms with Crippen LogP contribution in [0.1, 0.15) is 66.2 Å². The number of hydrogen-bond acceptors (Lipinski definition) is 2. The summed E-state index contributed by atoms with van der Waals surface area (Å²) in [5.41, 5.74) is 0.668. The molecule has 0 amide bonds. The van der Waals surface area contributed by atoms with Crippen LogP contribution in [0.3, 0.4) is 0 Å². The average molecular weight is 239 g/mol. The first-order chi connectivity index (χ1) is 7.92. The Morgan fingerprint density at radius 1 is 1.12 bits per heavy atom. The third-order valence-electron chi connectivity index (χ3n) is 4.78. The van der Waals surface area contributed by atoms with Gasteiger partial charge in [0.25, 0.3) is 0 Å². The maximum absolute atomic E-state index is 5.91. The van der Waals surface area contributed by atoms with Crippen LogP contribution in [-0.4, -0.2) is 24.3 Å². The van der Waals surface area contributed by atoms with Gasteiger partial charge >= 0.3 is 0 Å². The lowest BCUT2D eigenvalue weighted by atomic mass is 9.89. The van der Waals surface area contributed by atoms with Crippen molar-refractivity contribution in [3.05, 3.63) is 0 Å². The van der Waals surface area contributed by atoms with E-state index in [1.165, 1.54) is 32.1 Å². The molecule has 2 heteroatoms. The van der Waals surface area contributed by atoms with Gasteiger partial charge in [0, 0.05) is 18.7 Å². The van der Waals surface area contributed by atoms with Crippen LogP contribution in [0.5, 0.6) is 0 Å². The summed E-state index contributed by atoms with van der Waals surface area (Å²) in [6.07, 6.45) is 7.56. The molecular formula is C15H29NO. The standard InChI is InChI=1S/C15H29NO/c1-5-15(4)11-13(7-9-17-15)16-12-6-8-14(2,3)10-12/h12-13,16H,5-11H2,1-4H3. The van der Waals surface area contributed by atoms with Crippen LogP contribution in [0.2, 0.25) is 0 Å². The molecule has 0 spiro atoms. The van der Waals surface area contributed by atoms with Crippen molar-refractivity contribution in [3.63, 3.8) is 0 Å². The number of hydrogen-bond donors (Lipinski definition) is 1. The molecule has 1 aliphatic heterocycles. The summed E-state index contributed by atoms with van der Waals surface area (Å²) in [5, 5.41) is 3.88. The summed E-state index contributed by atoms with van der Waals surface area (Å²) in [6.45, 7) is 10.2. The minimum Gasteiger partial charge on any atom is -0.375 e. The molecule has 0 aromatic carbocycles. The summed E-state index contributed by atoms with van der Waals surface area (Å²) in [4.78, 5) is 0. The third kappa shape index (κ3) is 3.45. The summed E-state index contributed by atoms with van der Waals surface area (Å²) in [7, 11) is 0. The highest BCUT2D eigenvalue weighted by Crippen LogP contribution is 2.38. The van der Waals surface area contributed by atoms with E-state index in [1.807, 2.05) is 0 Å². The Bertz CT molecular complexity index is 264. The largest absolute Gasteiger partial charge is 0.375 e. The third-order valence-corrected chi connectivity index (χ3v) is 4.78. The molecule has 0 bridgehead atoms. The molecule has 1 aliphatic carbocycles. The zero-order valence-corrected chi connectivity index (χ0v) is 12.0. The Morgan fingerprint density at radius 3 is 2.41 bits per heavy atom. The first-order valence-corrected chi connectivity index (χ1v) is 7.32. The van der Waals surface area contributed by atoms with Crippen molar-refractivity contribution in [2.45, 2.75) is 83.9 Å². The van der Waals surface area contributed by atoms with Crippen molar-refractivity contribution in [2.75, 3.05) is 6.61 Å². The van der Waals surface area contributed by atoms with Crippen LogP contribution in [0.15, 0.2) is 0 Å².